The van der Waals surface area contributed by atoms with E-state index in [4.69, 9.17) is 5.84 Å². The van der Waals surface area contributed by atoms with Gasteiger partial charge in [-0.25, -0.2) is 15.8 Å². The third-order valence-electron chi connectivity index (χ3n) is 3.48. The van der Waals surface area contributed by atoms with Gasteiger partial charge >= 0.3 is 0 Å². The van der Waals surface area contributed by atoms with E-state index in [1.54, 1.807) is 0 Å². The Balaban J connectivity index is 2.16. The van der Waals surface area contributed by atoms with Crippen molar-refractivity contribution >= 4 is 11.6 Å². The fraction of sp³-hybridized carbons (Fsp3) is 0.636. The number of nitrogens with zero attached hydrogens (tertiary/aromatic N) is 4. The van der Waals surface area contributed by atoms with Crippen LogP contribution < -0.4 is 16.2 Å². The fourth-order valence-corrected chi connectivity index (χ4v) is 2.19. The number of hydrogen-bond acceptors (Lipinski definition) is 6. The highest BCUT2D eigenvalue weighted by atomic mass is 15.3. The van der Waals surface area contributed by atoms with Crippen molar-refractivity contribution in [3.8, 4) is 0 Å². The lowest BCUT2D eigenvalue weighted by molar-refractivity contribution is 0.169. The van der Waals surface area contributed by atoms with Gasteiger partial charge in [-0.05, 0) is 20.9 Å². The molecule has 2 rings (SSSR count). The zero-order valence-corrected chi connectivity index (χ0v) is 10.6. The maximum atomic E-state index is 5.36. The molecule has 1 aromatic heterocycles. The van der Waals surface area contributed by atoms with Crippen LogP contribution in [0.15, 0.2) is 12.4 Å². The van der Waals surface area contributed by atoms with E-state index in [0.29, 0.717) is 17.9 Å². The van der Waals surface area contributed by atoms with Crippen molar-refractivity contribution in [2.24, 2.45) is 5.84 Å². The van der Waals surface area contributed by atoms with Crippen molar-refractivity contribution in [1.29, 1.82) is 0 Å². The summed E-state index contributed by atoms with van der Waals surface area (Å²) in [6.07, 6.45) is 1.54. The summed E-state index contributed by atoms with van der Waals surface area (Å²) in [7, 11) is 2.17. The second kappa shape index (κ2) is 4.85. The van der Waals surface area contributed by atoms with Crippen molar-refractivity contribution in [2.45, 2.75) is 25.9 Å². The molecule has 0 spiro atoms. The van der Waals surface area contributed by atoms with Crippen LogP contribution >= 0.6 is 0 Å². The molecule has 2 atom stereocenters. The molecule has 1 fully saturated rings. The maximum Gasteiger partial charge on any atom is 0.145 e. The normalized spacial score (nSPS) is 26.0. The Labute approximate surface area is 102 Å². The van der Waals surface area contributed by atoms with E-state index in [2.05, 4.69) is 46.1 Å². The monoisotopic (exact) mass is 236 g/mol. The minimum atomic E-state index is 0.517. The van der Waals surface area contributed by atoms with Gasteiger partial charge in [-0.15, -0.1) is 0 Å². The van der Waals surface area contributed by atoms with E-state index >= 15 is 0 Å². The largest absolute Gasteiger partial charge is 0.353 e. The van der Waals surface area contributed by atoms with Gasteiger partial charge in [0.15, 0.2) is 0 Å². The molecule has 2 unspecified atom stereocenters. The van der Waals surface area contributed by atoms with Gasteiger partial charge in [0.1, 0.15) is 18.0 Å². The number of anilines is 2. The number of likely N-dealkylation sites (N-methyl/N-ethyl adjacent to an activating group) is 1. The summed E-state index contributed by atoms with van der Waals surface area (Å²) in [6, 6.07) is 2.91. The summed E-state index contributed by atoms with van der Waals surface area (Å²) in [6.45, 7) is 6.40. The van der Waals surface area contributed by atoms with Crippen LogP contribution in [0.3, 0.4) is 0 Å². The predicted molar refractivity (Wildman–Crippen MR) is 68.7 cm³/mol. The van der Waals surface area contributed by atoms with E-state index in [1.165, 1.54) is 6.33 Å². The van der Waals surface area contributed by atoms with Gasteiger partial charge in [-0.1, -0.05) is 0 Å². The molecule has 0 aliphatic carbocycles. The van der Waals surface area contributed by atoms with Crippen molar-refractivity contribution in [2.75, 3.05) is 30.5 Å². The summed E-state index contributed by atoms with van der Waals surface area (Å²) in [4.78, 5) is 13.0. The van der Waals surface area contributed by atoms with Crippen molar-refractivity contribution < 1.29 is 0 Å². The van der Waals surface area contributed by atoms with Crippen LogP contribution in [0.2, 0.25) is 0 Å². The SMILES string of the molecule is CC1CN(c2cc(NN)ncn2)CC(C)N1C. The summed E-state index contributed by atoms with van der Waals surface area (Å²) >= 11 is 0. The second-order valence-electron chi connectivity index (χ2n) is 4.67. The molecule has 0 radical (unpaired) electrons. The van der Waals surface area contributed by atoms with Crippen LogP contribution in [0.4, 0.5) is 11.6 Å². The first-order valence-electron chi connectivity index (χ1n) is 5.87. The van der Waals surface area contributed by atoms with Crippen LogP contribution in [-0.4, -0.2) is 47.1 Å². The number of nitrogen functional groups attached to an aromatic ring is 1. The molecule has 0 saturated carbocycles. The van der Waals surface area contributed by atoms with Gasteiger partial charge in [-0.2, -0.15) is 0 Å². The average molecular weight is 236 g/mol. The first-order chi connectivity index (χ1) is 8.11. The molecular weight excluding hydrogens is 216 g/mol. The zero-order chi connectivity index (χ0) is 12.4. The number of nitrogens with two attached hydrogens (primary N) is 1. The van der Waals surface area contributed by atoms with Crippen LogP contribution in [-0.2, 0) is 0 Å². The molecule has 17 heavy (non-hydrogen) atoms. The van der Waals surface area contributed by atoms with Gasteiger partial charge in [0, 0.05) is 31.2 Å². The second-order valence-corrected chi connectivity index (χ2v) is 4.67. The summed E-state index contributed by atoms with van der Waals surface area (Å²) in [5.41, 5.74) is 2.55. The number of hydrogen-bond donors (Lipinski definition) is 2. The Morgan fingerprint density at radius 2 is 1.94 bits per heavy atom. The van der Waals surface area contributed by atoms with Crippen molar-refractivity contribution in [3.63, 3.8) is 0 Å². The Morgan fingerprint density at radius 3 is 2.53 bits per heavy atom. The van der Waals surface area contributed by atoms with E-state index in [1.807, 2.05) is 6.07 Å². The Hall–Kier alpha value is -1.40. The molecule has 1 saturated heterocycles. The van der Waals surface area contributed by atoms with Crippen LogP contribution in [0.5, 0.6) is 0 Å². The number of piperazine rings is 1. The molecule has 3 N–H and O–H groups in total. The Bertz CT molecular complexity index is 370. The molecule has 1 aliphatic heterocycles. The van der Waals surface area contributed by atoms with Crippen molar-refractivity contribution in [3.05, 3.63) is 12.4 Å². The molecule has 0 amide bonds. The lowest BCUT2D eigenvalue weighted by Crippen LogP contribution is -2.55. The summed E-state index contributed by atoms with van der Waals surface area (Å²) in [5, 5.41) is 0. The van der Waals surface area contributed by atoms with Gasteiger partial charge < -0.3 is 10.3 Å². The quantitative estimate of drug-likeness (QED) is 0.568. The van der Waals surface area contributed by atoms with Crippen LogP contribution in [0.25, 0.3) is 0 Å². The molecule has 6 heteroatoms. The lowest BCUT2D eigenvalue weighted by atomic mass is 10.1. The molecule has 94 valence electrons. The van der Waals surface area contributed by atoms with E-state index < -0.39 is 0 Å². The minimum absolute atomic E-state index is 0.517. The summed E-state index contributed by atoms with van der Waals surface area (Å²) in [5.74, 6) is 6.94. The first kappa shape index (κ1) is 12.1. The third-order valence-corrected chi connectivity index (χ3v) is 3.48. The van der Waals surface area contributed by atoms with Gasteiger partial charge in [0.2, 0.25) is 0 Å². The van der Waals surface area contributed by atoms with Crippen molar-refractivity contribution in [1.82, 2.24) is 14.9 Å². The van der Waals surface area contributed by atoms with Crippen LogP contribution in [0.1, 0.15) is 13.8 Å². The van der Waals surface area contributed by atoms with Gasteiger partial charge in [0.25, 0.3) is 0 Å². The lowest BCUT2D eigenvalue weighted by Gasteiger charge is -2.42. The number of aromatic nitrogens is 2. The zero-order valence-electron chi connectivity index (χ0n) is 10.6. The fourth-order valence-electron chi connectivity index (χ4n) is 2.19. The average Bonchev–Trinajstić information content (AvgIpc) is 2.35. The highest BCUT2D eigenvalue weighted by Crippen LogP contribution is 2.20. The van der Waals surface area contributed by atoms with E-state index in [0.717, 1.165) is 18.9 Å². The number of nitrogens with one attached hydrogen (secondary N) is 1. The number of hydrazine groups is 1. The molecule has 1 aliphatic rings. The maximum absolute atomic E-state index is 5.36. The molecule has 0 aromatic carbocycles. The van der Waals surface area contributed by atoms with Gasteiger partial charge in [-0.3, -0.25) is 4.90 Å². The van der Waals surface area contributed by atoms with Gasteiger partial charge in [0.05, 0.1) is 0 Å². The molecular formula is C11H20N6. The number of rotatable bonds is 2. The molecule has 1 aromatic rings. The molecule has 0 bridgehead atoms. The van der Waals surface area contributed by atoms with E-state index in [9.17, 15) is 0 Å². The summed E-state index contributed by atoms with van der Waals surface area (Å²) < 4.78 is 0. The smallest absolute Gasteiger partial charge is 0.145 e. The minimum Gasteiger partial charge on any atom is -0.353 e. The Kier molecular flexibility index (Phi) is 3.44. The highest BCUT2D eigenvalue weighted by molar-refractivity contribution is 5.48. The first-order valence-corrected chi connectivity index (χ1v) is 5.87. The highest BCUT2D eigenvalue weighted by Gasteiger charge is 2.27. The predicted octanol–water partition coefficient (Wildman–Crippen LogP) is 0.291. The third kappa shape index (κ3) is 2.48. The Morgan fingerprint density at radius 1 is 1.29 bits per heavy atom. The molecule has 2 heterocycles. The van der Waals surface area contributed by atoms with E-state index in [-0.39, 0.29) is 0 Å². The standard InChI is InChI=1S/C11H20N6/c1-8-5-17(6-9(2)16(8)3)11-4-10(15-12)13-7-14-11/h4,7-9H,5-6,12H2,1-3H3,(H,13,14,15). The topological polar surface area (TPSA) is 70.3 Å². The molecule has 6 nitrogen and oxygen atoms in total. The van der Waals surface area contributed by atoms with Crippen LogP contribution in [0, 0.1) is 0 Å².